The molecule has 65 heavy (non-hydrogen) atoms. The molecule has 0 saturated carbocycles. The number of anilines is 6. The molecule has 4 nitrogen and oxygen atoms in total. The van der Waals surface area contributed by atoms with Gasteiger partial charge in [-0.2, -0.15) is 0 Å². The monoisotopic (exact) mass is 842 g/mol. The first-order chi connectivity index (χ1) is 31.7. The van der Waals surface area contributed by atoms with Gasteiger partial charge in [0.2, 0.25) is 0 Å². The van der Waals surface area contributed by atoms with Gasteiger partial charge >= 0.3 is 0 Å². The van der Waals surface area contributed by atoms with E-state index in [1.165, 1.54) is 54.6 Å². The molecule has 0 aliphatic rings. The summed E-state index contributed by atoms with van der Waals surface area (Å²) in [4.78, 5) is 4.96. The van der Waals surface area contributed by atoms with E-state index in [1.807, 2.05) is 0 Å². The normalized spacial score (nSPS) is 12.2. The van der Waals surface area contributed by atoms with Crippen molar-refractivity contribution >= 4 is 110 Å². The van der Waals surface area contributed by atoms with Crippen LogP contribution in [0, 0.1) is 20.8 Å². The standard InChI is InChI=1S/C61H50N2O2/c1-35(2)48-33-53(62(50-22-12-8-17-37(50)5)52-24-16-21-44-40-19-10-14-25-55(40)64-60(44)52)46-31-29-43-49(36(3)4)34-54(47-32-30-42(48)57(46)58(43)47)63(51-23-13-9-18-38(51)6)59-39(7)27-28-45-41-20-11-15-26-56(41)65-61(45)59/h8-36H,1-7H3. The largest absolute Gasteiger partial charge is 0.454 e. The number of hydrogen-bond acceptors (Lipinski definition) is 4. The van der Waals surface area contributed by atoms with Crippen LogP contribution in [0.25, 0.3) is 76.2 Å². The van der Waals surface area contributed by atoms with Crippen molar-refractivity contribution < 1.29 is 8.83 Å². The molecule has 0 radical (unpaired) electrons. The van der Waals surface area contributed by atoms with Crippen LogP contribution in [0.1, 0.15) is 67.3 Å². The van der Waals surface area contributed by atoms with Crippen LogP contribution in [0.2, 0.25) is 0 Å². The third-order valence-electron chi connectivity index (χ3n) is 13.9. The Morgan fingerprint density at radius 2 is 0.769 bits per heavy atom. The van der Waals surface area contributed by atoms with E-state index in [-0.39, 0.29) is 11.8 Å². The number of fused-ring (bicyclic) bond motifs is 6. The highest BCUT2D eigenvalue weighted by molar-refractivity contribution is 6.30. The summed E-state index contributed by atoms with van der Waals surface area (Å²) >= 11 is 0. The van der Waals surface area contributed by atoms with Gasteiger partial charge in [0, 0.05) is 43.7 Å². The summed E-state index contributed by atoms with van der Waals surface area (Å²) in [7, 11) is 0. The van der Waals surface area contributed by atoms with Crippen LogP contribution >= 0.6 is 0 Å². The molecule has 0 spiro atoms. The minimum absolute atomic E-state index is 0.248. The van der Waals surface area contributed by atoms with Crippen LogP contribution in [-0.2, 0) is 0 Å². The van der Waals surface area contributed by atoms with E-state index in [4.69, 9.17) is 8.83 Å². The van der Waals surface area contributed by atoms with E-state index in [9.17, 15) is 0 Å². The van der Waals surface area contributed by atoms with Crippen molar-refractivity contribution in [2.45, 2.75) is 60.3 Å². The molecule has 0 amide bonds. The molecule has 0 aliphatic carbocycles. The van der Waals surface area contributed by atoms with Gasteiger partial charge in [0.25, 0.3) is 0 Å². The van der Waals surface area contributed by atoms with Crippen LogP contribution in [0.15, 0.2) is 173 Å². The van der Waals surface area contributed by atoms with Crippen molar-refractivity contribution in [1.29, 1.82) is 0 Å². The first-order valence-corrected chi connectivity index (χ1v) is 23.0. The Morgan fingerprint density at radius 1 is 0.338 bits per heavy atom. The molecule has 2 aromatic heterocycles. The van der Waals surface area contributed by atoms with E-state index in [0.29, 0.717) is 0 Å². The molecule has 0 N–H and O–H groups in total. The van der Waals surface area contributed by atoms with Crippen molar-refractivity contribution in [3.63, 3.8) is 0 Å². The summed E-state index contributed by atoms with van der Waals surface area (Å²) in [6.45, 7) is 16.0. The first-order valence-electron chi connectivity index (χ1n) is 23.0. The molecule has 4 heteroatoms. The maximum absolute atomic E-state index is 6.90. The molecule has 0 aliphatic heterocycles. The van der Waals surface area contributed by atoms with Crippen molar-refractivity contribution in [3.8, 4) is 0 Å². The van der Waals surface area contributed by atoms with Crippen LogP contribution < -0.4 is 9.80 Å². The molecule has 0 unspecified atom stereocenters. The van der Waals surface area contributed by atoms with Gasteiger partial charge in [0.05, 0.1) is 22.7 Å². The Morgan fingerprint density at radius 3 is 1.34 bits per heavy atom. The maximum Gasteiger partial charge on any atom is 0.159 e. The Balaban J connectivity index is 1.23. The van der Waals surface area contributed by atoms with Crippen molar-refractivity contribution in [2.24, 2.45) is 0 Å². The highest BCUT2D eigenvalue weighted by Gasteiger charge is 2.29. The molecular weight excluding hydrogens is 793 g/mol. The van der Waals surface area contributed by atoms with Gasteiger partial charge in [0.1, 0.15) is 11.2 Å². The SMILES string of the molecule is Cc1ccccc1N(c1cc(C(C)C)c2ccc3c(N(c4ccccc4C)c4c(C)ccc5c4oc4ccccc45)cc(C(C)C)c4ccc1c2c43)c1cccc2c1oc1ccccc12. The van der Waals surface area contributed by atoms with Gasteiger partial charge in [-0.3, -0.25) is 0 Å². The Bertz CT molecular complexity index is 3850. The number of aryl methyl sites for hydroxylation is 3. The number of nitrogens with zero attached hydrogens (tertiary/aromatic N) is 2. The summed E-state index contributed by atoms with van der Waals surface area (Å²) < 4.78 is 13.7. The molecular formula is C61H50N2O2. The van der Waals surface area contributed by atoms with E-state index in [1.54, 1.807) is 0 Å². The lowest BCUT2D eigenvalue weighted by molar-refractivity contribution is 0.668. The van der Waals surface area contributed by atoms with Crippen molar-refractivity contribution in [3.05, 3.63) is 192 Å². The lowest BCUT2D eigenvalue weighted by Crippen LogP contribution is -2.15. The number of furan rings is 2. The molecule has 316 valence electrons. The van der Waals surface area contributed by atoms with Crippen LogP contribution in [0.3, 0.4) is 0 Å². The number of hydrogen-bond donors (Lipinski definition) is 0. The van der Waals surface area contributed by atoms with E-state index < -0.39 is 0 Å². The predicted molar refractivity (Wildman–Crippen MR) is 276 cm³/mol. The Labute approximate surface area is 379 Å². The summed E-state index contributed by atoms with van der Waals surface area (Å²) in [5.74, 6) is 0.498. The fourth-order valence-corrected chi connectivity index (χ4v) is 10.8. The average Bonchev–Trinajstić information content (AvgIpc) is 3.89. The topological polar surface area (TPSA) is 32.8 Å². The average molecular weight is 843 g/mol. The molecule has 0 bridgehead atoms. The first kappa shape index (κ1) is 39.1. The molecule has 10 aromatic carbocycles. The fraction of sp³-hybridized carbons (Fsp3) is 0.148. The third-order valence-corrected chi connectivity index (χ3v) is 13.9. The van der Waals surface area contributed by atoms with Crippen LogP contribution in [0.5, 0.6) is 0 Å². The minimum atomic E-state index is 0.248. The van der Waals surface area contributed by atoms with Gasteiger partial charge in [0.15, 0.2) is 11.2 Å². The predicted octanol–water partition coefficient (Wildman–Crippen LogP) is 18.5. The van der Waals surface area contributed by atoms with Gasteiger partial charge in [-0.15, -0.1) is 0 Å². The van der Waals surface area contributed by atoms with Gasteiger partial charge in [-0.05, 0) is 124 Å². The number of benzene rings is 10. The quantitative estimate of drug-likeness (QED) is 0.143. The third kappa shape index (κ3) is 5.83. The van der Waals surface area contributed by atoms with Crippen molar-refractivity contribution in [2.75, 3.05) is 9.80 Å². The Kier molecular flexibility index (Phi) is 8.87. The zero-order valence-electron chi connectivity index (χ0n) is 38.0. The molecule has 12 aromatic rings. The smallest absolute Gasteiger partial charge is 0.159 e. The molecule has 2 heterocycles. The summed E-state index contributed by atoms with van der Waals surface area (Å²) in [6, 6.07) is 59.9. The van der Waals surface area contributed by atoms with E-state index in [2.05, 4.69) is 222 Å². The highest BCUT2D eigenvalue weighted by Crippen LogP contribution is 2.54. The maximum atomic E-state index is 6.90. The van der Waals surface area contributed by atoms with Crippen LogP contribution in [-0.4, -0.2) is 0 Å². The zero-order chi connectivity index (χ0) is 44.2. The fourth-order valence-electron chi connectivity index (χ4n) is 10.8. The second kappa shape index (κ2) is 14.8. The zero-order valence-corrected chi connectivity index (χ0v) is 38.0. The van der Waals surface area contributed by atoms with Gasteiger partial charge < -0.3 is 18.6 Å². The molecule has 0 saturated heterocycles. The second-order valence-corrected chi connectivity index (χ2v) is 18.6. The van der Waals surface area contributed by atoms with Crippen molar-refractivity contribution in [1.82, 2.24) is 0 Å². The van der Waals surface area contributed by atoms with Crippen LogP contribution in [0.4, 0.5) is 34.1 Å². The summed E-state index contributed by atoms with van der Waals surface area (Å²) in [5, 5.41) is 12.0. The molecule has 0 fully saturated rings. The molecule has 0 atom stereocenters. The lowest BCUT2D eigenvalue weighted by atomic mass is 9.84. The summed E-state index contributed by atoms with van der Waals surface area (Å²) in [5.41, 5.74) is 16.3. The van der Waals surface area contributed by atoms with E-state index in [0.717, 1.165) is 83.6 Å². The summed E-state index contributed by atoms with van der Waals surface area (Å²) in [6.07, 6.45) is 0. The van der Waals surface area contributed by atoms with Gasteiger partial charge in [-0.25, -0.2) is 0 Å². The second-order valence-electron chi connectivity index (χ2n) is 18.6. The van der Waals surface area contributed by atoms with E-state index >= 15 is 0 Å². The number of para-hydroxylation sites is 5. The Hall–Kier alpha value is -7.56. The highest BCUT2D eigenvalue weighted by atomic mass is 16.3. The molecule has 12 rings (SSSR count). The lowest BCUT2D eigenvalue weighted by Gasteiger charge is -2.32. The number of rotatable bonds is 8. The van der Waals surface area contributed by atoms with Gasteiger partial charge in [-0.1, -0.05) is 149 Å². The minimum Gasteiger partial charge on any atom is -0.454 e.